The molecule has 1 aromatic carbocycles. The van der Waals surface area contributed by atoms with Gasteiger partial charge in [-0.05, 0) is 30.7 Å². The van der Waals surface area contributed by atoms with Crippen molar-refractivity contribution in [2.75, 3.05) is 13.1 Å². The highest BCUT2D eigenvalue weighted by molar-refractivity contribution is 5.55. The van der Waals surface area contributed by atoms with E-state index in [0.717, 1.165) is 25.2 Å². The highest BCUT2D eigenvalue weighted by Crippen LogP contribution is 2.13. The van der Waals surface area contributed by atoms with Crippen LogP contribution in [0, 0.1) is 0 Å². The van der Waals surface area contributed by atoms with Crippen molar-refractivity contribution < 1.29 is 0 Å². The van der Waals surface area contributed by atoms with Crippen LogP contribution < -0.4 is 5.32 Å². The van der Waals surface area contributed by atoms with Crippen molar-refractivity contribution in [3.05, 3.63) is 54.1 Å². The first-order valence-electron chi connectivity index (χ1n) is 6.82. The normalized spacial score (nSPS) is 11.8. The Balaban J connectivity index is 2.11. The molecule has 0 aliphatic rings. The fraction of sp³-hybridized carbons (Fsp3) is 0.312. The van der Waals surface area contributed by atoms with E-state index in [0.29, 0.717) is 0 Å². The number of imidazole rings is 1. The van der Waals surface area contributed by atoms with E-state index in [1.54, 1.807) is 6.20 Å². The van der Waals surface area contributed by atoms with Gasteiger partial charge in [-0.15, -0.1) is 0 Å². The summed E-state index contributed by atoms with van der Waals surface area (Å²) in [5.74, 6) is 0. The zero-order valence-corrected chi connectivity index (χ0v) is 11.6. The largest absolute Gasteiger partial charge is 0.313 e. The molecule has 0 spiro atoms. The SMILES string of the molecule is CCNCC(=Cc1ccc(-n2ccnc2)cc1)CC. The summed E-state index contributed by atoms with van der Waals surface area (Å²) in [4.78, 5) is 4.06. The van der Waals surface area contributed by atoms with Gasteiger partial charge in [0.05, 0.1) is 6.33 Å². The van der Waals surface area contributed by atoms with Crippen LogP contribution in [0.15, 0.2) is 48.6 Å². The second kappa shape index (κ2) is 6.90. The van der Waals surface area contributed by atoms with Crippen molar-refractivity contribution in [3.8, 4) is 5.69 Å². The molecule has 3 heteroatoms. The predicted molar refractivity (Wildman–Crippen MR) is 80.4 cm³/mol. The molecule has 3 nitrogen and oxygen atoms in total. The molecule has 2 rings (SSSR count). The van der Waals surface area contributed by atoms with Gasteiger partial charge < -0.3 is 9.88 Å². The minimum Gasteiger partial charge on any atom is -0.313 e. The van der Waals surface area contributed by atoms with Gasteiger partial charge in [-0.25, -0.2) is 4.98 Å². The fourth-order valence-corrected chi connectivity index (χ4v) is 1.95. The molecule has 1 heterocycles. The van der Waals surface area contributed by atoms with E-state index in [1.807, 2.05) is 17.1 Å². The van der Waals surface area contributed by atoms with Crippen molar-refractivity contribution in [2.24, 2.45) is 0 Å². The summed E-state index contributed by atoms with van der Waals surface area (Å²) in [7, 11) is 0. The number of nitrogens with one attached hydrogen (secondary N) is 1. The second-order valence-electron chi connectivity index (χ2n) is 4.50. The molecule has 0 bridgehead atoms. The van der Waals surface area contributed by atoms with Gasteiger partial charge in [0, 0.05) is 24.6 Å². The molecular weight excluding hydrogens is 234 g/mol. The first kappa shape index (κ1) is 13.6. The maximum atomic E-state index is 4.06. The third kappa shape index (κ3) is 3.80. The molecule has 0 saturated heterocycles. The Morgan fingerprint density at radius 1 is 1.26 bits per heavy atom. The molecule has 100 valence electrons. The minimum atomic E-state index is 0.969. The van der Waals surface area contributed by atoms with Crippen molar-refractivity contribution in [3.63, 3.8) is 0 Å². The number of hydrogen-bond acceptors (Lipinski definition) is 2. The van der Waals surface area contributed by atoms with E-state index in [4.69, 9.17) is 0 Å². The maximum Gasteiger partial charge on any atom is 0.0991 e. The van der Waals surface area contributed by atoms with Crippen LogP contribution in [-0.4, -0.2) is 22.6 Å². The number of aromatic nitrogens is 2. The van der Waals surface area contributed by atoms with Gasteiger partial charge in [-0.3, -0.25) is 0 Å². The summed E-state index contributed by atoms with van der Waals surface area (Å²) in [5.41, 5.74) is 3.82. The predicted octanol–water partition coefficient (Wildman–Crippen LogP) is 3.28. The summed E-state index contributed by atoms with van der Waals surface area (Å²) in [5, 5.41) is 3.37. The number of likely N-dealkylation sites (N-methyl/N-ethyl adjacent to an activating group) is 1. The van der Waals surface area contributed by atoms with E-state index in [1.165, 1.54) is 11.1 Å². The Bertz CT molecular complexity index is 509. The van der Waals surface area contributed by atoms with Crippen LogP contribution in [0.3, 0.4) is 0 Å². The lowest BCUT2D eigenvalue weighted by atomic mass is 10.1. The second-order valence-corrected chi connectivity index (χ2v) is 4.50. The van der Waals surface area contributed by atoms with E-state index in [9.17, 15) is 0 Å². The Morgan fingerprint density at radius 3 is 2.63 bits per heavy atom. The highest BCUT2D eigenvalue weighted by atomic mass is 15.0. The maximum absolute atomic E-state index is 4.06. The Labute approximate surface area is 115 Å². The van der Waals surface area contributed by atoms with E-state index in [-0.39, 0.29) is 0 Å². The first-order valence-corrected chi connectivity index (χ1v) is 6.82. The number of benzene rings is 1. The van der Waals surface area contributed by atoms with Gasteiger partial charge in [-0.1, -0.05) is 37.6 Å². The average Bonchev–Trinajstić information content (AvgIpc) is 2.98. The van der Waals surface area contributed by atoms with Gasteiger partial charge >= 0.3 is 0 Å². The number of hydrogen-bond donors (Lipinski definition) is 1. The molecule has 1 N–H and O–H groups in total. The highest BCUT2D eigenvalue weighted by Gasteiger charge is 1.97. The minimum absolute atomic E-state index is 0.969. The van der Waals surface area contributed by atoms with Crippen molar-refractivity contribution in [1.82, 2.24) is 14.9 Å². The molecule has 0 atom stereocenters. The third-order valence-electron chi connectivity index (χ3n) is 3.12. The zero-order chi connectivity index (χ0) is 13.5. The lowest BCUT2D eigenvalue weighted by molar-refractivity contribution is 0.762. The van der Waals surface area contributed by atoms with Crippen molar-refractivity contribution >= 4 is 6.08 Å². The molecule has 0 saturated carbocycles. The molecule has 2 aromatic rings. The third-order valence-corrected chi connectivity index (χ3v) is 3.12. The molecule has 0 aliphatic carbocycles. The standard InChI is InChI=1S/C16H21N3/c1-3-14(12-17-4-2)11-15-5-7-16(8-6-15)19-10-9-18-13-19/h5-11,13,17H,3-4,12H2,1-2H3. The fourth-order valence-electron chi connectivity index (χ4n) is 1.95. The zero-order valence-electron chi connectivity index (χ0n) is 11.6. The molecule has 0 unspecified atom stereocenters. The molecule has 19 heavy (non-hydrogen) atoms. The Morgan fingerprint density at radius 2 is 2.05 bits per heavy atom. The van der Waals surface area contributed by atoms with E-state index >= 15 is 0 Å². The molecule has 1 aromatic heterocycles. The topological polar surface area (TPSA) is 29.9 Å². The van der Waals surface area contributed by atoms with Gasteiger partial charge in [0.2, 0.25) is 0 Å². The summed E-state index contributed by atoms with van der Waals surface area (Å²) in [6.07, 6.45) is 8.90. The summed E-state index contributed by atoms with van der Waals surface area (Å²) in [6.45, 7) is 6.31. The number of rotatable bonds is 6. The summed E-state index contributed by atoms with van der Waals surface area (Å²) in [6, 6.07) is 8.54. The molecule has 0 fully saturated rings. The van der Waals surface area contributed by atoms with Crippen LogP contribution in [0.5, 0.6) is 0 Å². The smallest absolute Gasteiger partial charge is 0.0991 e. The molecule has 0 radical (unpaired) electrons. The lowest BCUT2D eigenvalue weighted by Gasteiger charge is -2.06. The van der Waals surface area contributed by atoms with Crippen LogP contribution in [-0.2, 0) is 0 Å². The quantitative estimate of drug-likeness (QED) is 0.858. The van der Waals surface area contributed by atoms with Crippen LogP contribution in [0.2, 0.25) is 0 Å². The molecule has 0 aliphatic heterocycles. The van der Waals surface area contributed by atoms with Crippen LogP contribution in [0.1, 0.15) is 25.8 Å². The molecule has 0 amide bonds. The van der Waals surface area contributed by atoms with Gasteiger partial charge in [0.25, 0.3) is 0 Å². The Hall–Kier alpha value is -1.87. The van der Waals surface area contributed by atoms with Crippen molar-refractivity contribution in [2.45, 2.75) is 20.3 Å². The van der Waals surface area contributed by atoms with Crippen LogP contribution in [0.4, 0.5) is 0 Å². The average molecular weight is 255 g/mol. The lowest BCUT2D eigenvalue weighted by Crippen LogP contribution is -2.15. The van der Waals surface area contributed by atoms with E-state index in [2.05, 4.69) is 54.5 Å². The summed E-state index contributed by atoms with van der Waals surface area (Å²) >= 11 is 0. The van der Waals surface area contributed by atoms with Crippen LogP contribution >= 0.6 is 0 Å². The molecular formula is C16H21N3. The first-order chi connectivity index (χ1) is 9.33. The van der Waals surface area contributed by atoms with Gasteiger partial charge in [0.15, 0.2) is 0 Å². The Kier molecular flexibility index (Phi) is 4.93. The summed E-state index contributed by atoms with van der Waals surface area (Å²) < 4.78 is 2.01. The van der Waals surface area contributed by atoms with Gasteiger partial charge in [-0.2, -0.15) is 0 Å². The monoisotopic (exact) mass is 255 g/mol. The van der Waals surface area contributed by atoms with E-state index < -0.39 is 0 Å². The number of nitrogens with zero attached hydrogens (tertiary/aromatic N) is 2. The van der Waals surface area contributed by atoms with Crippen LogP contribution in [0.25, 0.3) is 11.8 Å². The van der Waals surface area contributed by atoms with Gasteiger partial charge in [0.1, 0.15) is 0 Å². The van der Waals surface area contributed by atoms with Crippen molar-refractivity contribution in [1.29, 1.82) is 0 Å².